The van der Waals surface area contributed by atoms with Crippen LogP contribution in [0.3, 0.4) is 0 Å². The quantitative estimate of drug-likeness (QED) is 0.557. The molecule has 0 fully saturated rings. The highest BCUT2D eigenvalue weighted by atomic mass is 35.5. The molecule has 3 aromatic rings. The van der Waals surface area contributed by atoms with Crippen molar-refractivity contribution in [1.29, 1.82) is 0 Å². The molecule has 0 bridgehead atoms. The molecule has 8 heteroatoms. The summed E-state index contributed by atoms with van der Waals surface area (Å²) in [7, 11) is 0. The van der Waals surface area contributed by atoms with Gasteiger partial charge in [0.15, 0.2) is 0 Å². The molecule has 0 aliphatic carbocycles. The molecule has 3 rings (SSSR count). The van der Waals surface area contributed by atoms with E-state index in [1.165, 1.54) is 6.33 Å². The highest BCUT2D eigenvalue weighted by molar-refractivity contribution is 6.35. The second kappa shape index (κ2) is 8.29. The van der Waals surface area contributed by atoms with Gasteiger partial charge in [0.1, 0.15) is 29.6 Å². The van der Waals surface area contributed by atoms with E-state index in [9.17, 15) is 5.11 Å². The third-order valence-corrected chi connectivity index (χ3v) is 5.46. The molecule has 5 nitrogen and oxygen atoms in total. The summed E-state index contributed by atoms with van der Waals surface area (Å²) in [4.78, 5) is 3.96. The lowest BCUT2D eigenvalue weighted by Crippen LogP contribution is -2.58. The van der Waals surface area contributed by atoms with Crippen LogP contribution in [0.15, 0.2) is 55.1 Å². The van der Waals surface area contributed by atoms with E-state index >= 15 is 0 Å². The van der Waals surface area contributed by atoms with Crippen molar-refractivity contribution in [3.05, 3.63) is 75.8 Å². The van der Waals surface area contributed by atoms with Crippen LogP contribution in [0, 0.1) is 0 Å². The smallest absolute Gasteiger partial charge is 0.138 e. The fourth-order valence-electron chi connectivity index (χ4n) is 2.91. The van der Waals surface area contributed by atoms with Crippen molar-refractivity contribution < 1.29 is 9.84 Å². The summed E-state index contributed by atoms with van der Waals surface area (Å²) in [6.07, 6.45) is 3.28. The Labute approximate surface area is 178 Å². The zero-order valence-electron chi connectivity index (χ0n) is 15.4. The summed E-state index contributed by atoms with van der Waals surface area (Å²) in [6.45, 7) is 3.80. The van der Waals surface area contributed by atoms with Gasteiger partial charge in [-0.2, -0.15) is 5.10 Å². The van der Waals surface area contributed by atoms with Gasteiger partial charge >= 0.3 is 0 Å². The highest BCUT2D eigenvalue weighted by Crippen LogP contribution is 2.36. The number of aromatic nitrogens is 3. The van der Waals surface area contributed by atoms with Gasteiger partial charge in [-0.05, 0) is 49.7 Å². The molecule has 1 heterocycles. The van der Waals surface area contributed by atoms with Gasteiger partial charge in [-0.1, -0.05) is 46.9 Å². The van der Waals surface area contributed by atoms with E-state index in [0.717, 1.165) is 5.56 Å². The Hall–Kier alpha value is -1.79. The molecule has 148 valence electrons. The Kier molecular flexibility index (Phi) is 6.20. The lowest BCUT2D eigenvalue weighted by Gasteiger charge is -2.42. The minimum atomic E-state index is -1.34. The van der Waals surface area contributed by atoms with E-state index in [-0.39, 0.29) is 6.54 Å². The number of ether oxygens (including phenoxy) is 1. The second-order valence-corrected chi connectivity index (χ2v) is 8.40. The maximum Gasteiger partial charge on any atom is 0.138 e. The van der Waals surface area contributed by atoms with Crippen molar-refractivity contribution in [2.45, 2.75) is 38.0 Å². The number of hydrogen-bond acceptors (Lipinski definition) is 4. The van der Waals surface area contributed by atoms with Crippen LogP contribution >= 0.6 is 34.8 Å². The van der Waals surface area contributed by atoms with Gasteiger partial charge in [-0.25, -0.2) is 9.67 Å². The predicted octanol–water partition coefficient (Wildman–Crippen LogP) is 5.07. The first-order valence-corrected chi connectivity index (χ1v) is 9.75. The monoisotopic (exact) mass is 439 g/mol. The minimum Gasteiger partial charge on any atom is -0.483 e. The number of aliphatic hydroxyl groups is 1. The van der Waals surface area contributed by atoms with Crippen LogP contribution in [0.25, 0.3) is 0 Å². The van der Waals surface area contributed by atoms with E-state index in [1.807, 2.05) is 26.0 Å². The highest BCUT2D eigenvalue weighted by Gasteiger charge is 2.46. The van der Waals surface area contributed by atoms with Gasteiger partial charge < -0.3 is 9.84 Å². The van der Waals surface area contributed by atoms with Crippen LogP contribution in [0.1, 0.15) is 19.4 Å². The Balaban J connectivity index is 1.94. The Morgan fingerprint density at radius 2 is 1.71 bits per heavy atom. The van der Waals surface area contributed by atoms with Gasteiger partial charge in [-0.3, -0.25) is 0 Å². The molecule has 0 radical (unpaired) electrons. The summed E-state index contributed by atoms with van der Waals surface area (Å²) < 4.78 is 7.74. The Bertz CT molecular complexity index is 930. The lowest BCUT2D eigenvalue weighted by molar-refractivity contribution is -0.126. The van der Waals surface area contributed by atoms with Gasteiger partial charge in [0.25, 0.3) is 0 Å². The van der Waals surface area contributed by atoms with Crippen LogP contribution in [0.4, 0.5) is 0 Å². The van der Waals surface area contributed by atoms with Crippen LogP contribution in [0.2, 0.25) is 15.1 Å². The molecule has 2 aromatic carbocycles. The van der Waals surface area contributed by atoms with Crippen molar-refractivity contribution in [3.8, 4) is 5.75 Å². The van der Waals surface area contributed by atoms with Gasteiger partial charge in [0.2, 0.25) is 0 Å². The second-order valence-electron chi connectivity index (χ2n) is 7.12. The summed E-state index contributed by atoms with van der Waals surface area (Å²) >= 11 is 18.2. The van der Waals surface area contributed by atoms with Crippen molar-refractivity contribution in [3.63, 3.8) is 0 Å². The SMILES string of the molecule is CC(C)(Oc1ccc(Cl)cc1Cl)C(O)(Cc1ccc(Cl)cc1)Cn1cncn1. The molecule has 0 aliphatic rings. The van der Waals surface area contributed by atoms with E-state index < -0.39 is 11.2 Å². The number of benzene rings is 2. The topological polar surface area (TPSA) is 60.2 Å². The van der Waals surface area contributed by atoms with Crippen molar-refractivity contribution in [2.75, 3.05) is 0 Å². The summed E-state index contributed by atoms with van der Waals surface area (Å²) in [6, 6.07) is 12.3. The van der Waals surface area contributed by atoms with E-state index in [4.69, 9.17) is 39.5 Å². The number of halogens is 3. The van der Waals surface area contributed by atoms with Crippen molar-refractivity contribution in [1.82, 2.24) is 14.8 Å². The maximum atomic E-state index is 11.7. The Morgan fingerprint density at radius 3 is 2.32 bits per heavy atom. The third kappa shape index (κ3) is 4.78. The van der Waals surface area contributed by atoms with Crippen molar-refractivity contribution >= 4 is 34.8 Å². The van der Waals surface area contributed by atoms with Crippen LogP contribution in [0.5, 0.6) is 5.75 Å². The van der Waals surface area contributed by atoms with Gasteiger partial charge in [0.05, 0.1) is 11.6 Å². The zero-order valence-corrected chi connectivity index (χ0v) is 17.7. The number of rotatable bonds is 7. The van der Waals surface area contributed by atoms with Crippen molar-refractivity contribution in [2.24, 2.45) is 0 Å². The van der Waals surface area contributed by atoms with E-state index in [0.29, 0.717) is 27.2 Å². The molecule has 1 atom stereocenters. The largest absolute Gasteiger partial charge is 0.483 e. The molecule has 1 N–H and O–H groups in total. The maximum absolute atomic E-state index is 11.7. The summed E-state index contributed by atoms with van der Waals surface area (Å²) in [5, 5.41) is 17.4. The van der Waals surface area contributed by atoms with Crippen LogP contribution < -0.4 is 4.74 Å². The van der Waals surface area contributed by atoms with E-state index in [1.54, 1.807) is 41.3 Å². The standard InChI is InChI=1S/C20H20Cl3N3O2/c1-19(2,28-18-8-7-16(22)9-17(18)23)20(27,11-26-13-24-12-25-26)10-14-3-5-15(21)6-4-14/h3-9,12-13,27H,10-11H2,1-2H3. The van der Waals surface area contributed by atoms with E-state index in [2.05, 4.69) is 10.1 Å². The van der Waals surface area contributed by atoms with Gasteiger partial charge in [0, 0.05) is 16.5 Å². The molecule has 0 amide bonds. The minimum absolute atomic E-state index is 0.174. The summed E-state index contributed by atoms with van der Waals surface area (Å²) in [5.74, 6) is 0.434. The molecule has 1 aromatic heterocycles. The number of hydrogen-bond donors (Lipinski definition) is 1. The third-order valence-electron chi connectivity index (χ3n) is 4.68. The van der Waals surface area contributed by atoms with Crippen LogP contribution in [-0.2, 0) is 13.0 Å². The fourth-order valence-corrected chi connectivity index (χ4v) is 3.48. The molecule has 0 saturated carbocycles. The fraction of sp³-hybridized carbons (Fsp3) is 0.300. The normalized spacial score (nSPS) is 13.9. The molecule has 28 heavy (non-hydrogen) atoms. The number of nitrogens with zero attached hydrogens (tertiary/aromatic N) is 3. The zero-order chi connectivity index (χ0) is 20.4. The average Bonchev–Trinajstić information content (AvgIpc) is 3.12. The molecular formula is C20H20Cl3N3O2. The summed E-state index contributed by atoms with van der Waals surface area (Å²) in [5.41, 5.74) is -1.46. The first kappa shape index (κ1) is 20.9. The molecule has 0 aliphatic heterocycles. The molecule has 0 saturated heterocycles. The van der Waals surface area contributed by atoms with Crippen LogP contribution in [-0.4, -0.2) is 31.1 Å². The first-order valence-electron chi connectivity index (χ1n) is 8.62. The lowest BCUT2D eigenvalue weighted by atomic mass is 9.80. The first-order chi connectivity index (χ1) is 13.2. The average molecular weight is 441 g/mol. The molecule has 0 spiro atoms. The van der Waals surface area contributed by atoms with Gasteiger partial charge in [-0.15, -0.1) is 0 Å². The molecule has 1 unspecified atom stereocenters. The molecular weight excluding hydrogens is 421 g/mol. The Morgan fingerprint density at radius 1 is 1.04 bits per heavy atom. The predicted molar refractivity (Wildman–Crippen MR) is 111 cm³/mol.